The minimum Gasteiger partial charge on any atom is -0.361 e. The minimum atomic E-state index is -0.663. The van der Waals surface area contributed by atoms with Gasteiger partial charge in [0, 0.05) is 47.7 Å². The molecule has 0 fully saturated rings. The number of nitrogens with one attached hydrogen (secondary N) is 3. The van der Waals surface area contributed by atoms with Crippen LogP contribution in [0.4, 0.5) is 0 Å². The van der Waals surface area contributed by atoms with E-state index in [1.807, 2.05) is 81.6 Å². The van der Waals surface area contributed by atoms with Crippen molar-refractivity contribution in [2.45, 2.75) is 58.7 Å². The maximum absolute atomic E-state index is 13.7. The third-order valence-corrected chi connectivity index (χ3v) is 7.34. The van der Waals surface area contributed by atoms with Crippen LogP contribution in [0.1, 0.15) is 62.3 Å². The summed E-state index contributed by atoms with van der Waals surface area (Å²) in [4.78, 5) is 49.6. The lowest BCUT2D eigenvalue weighted by atomic mass is 10.0. The van der Waals surface area contributed by atoms with Crippen LogP contribution >= 0.6 is 0 Å². The van der Waals surface area contributed by atoms with Crippen LogP contribution in [0.5, 0.6) is 0 Å². The number of H-pyrrole nitrogens is 1. The van der Waals surface area contributed by atoms with E-state index in [1.54, 1.807) is 9.58 Å². The highest BCUT2D eigenvalue weighted by molar-refractivity contribution is 5.98. The molecule has 10 heteroatoms. The molecule has 214 valence electrons. The topological polar surface area (TPSA) is 125 Å². The number of amides is 3. The number of rotatable bonds is 4. The second kappa shape index (κ2) is 12.4. The van der Waals surface area contributed by atoms with E-state index in [2.05, 4.69) is 15.6 Å². The molecular formula is C31H37N7O3. The minimum absolute atomic E-state index is 0.107. The van der Waals surface area contributed by atoms with Gasteiger partial charge >= 0.3 is 0 Å². The molecule has 0 aliphatic carbocycles. The summed E-state index contributed by atoms with van der Waals surface area (Å²) in [5.74, 6) is 0.790. The summed E-state index contributed by atoms with van der Waals surface area (Å²) in [6, 6.07) is 16.1. The van der Waals surface area contributed by atoms with Crippen LogP contribution in [0, 0.1) is 5.92 Å². The molecule has 0 saturated heterocycles. The van der Waals surface area contributed by atoms with E-state index in [-0.39, 0.29) is 30.1 Å². The summed E-state index contributed by atoms with van der Waals surface area (Å²) >= 11 is 0. The maximum Gasteiger partial charge on any atom is 0.253 e. The van der Waals surface area contributed by atoms with Crippen molar-refractivity contribution in [2.24, 2.45) is 5.92 Å². The summed E-state index contributed by atoms with van der Waals surface area (Å²) in [5, 5.41) is 11.7. The zero-order chi connectivity index (χ0) is 28.9. The van der Waals surface area contributed by atoms with Crippen LogP contribution in [0.15, 0.2) is 60.8 Å². The molecule has 3 N–H and O–H groups in total. The lowest BCUT2D eigenvalue weighted by Gasteiger charge is -2.26. The largest absolute Gasteiger partial charge is 0.361 e. The van der Waals surface area contributed by atoms with Crippen LogP contribution in [-0.2, 0) is 16.1 Å². The molecule has 2 atom stereocenters. The van der Waals surface area contributed by atoms with Gasteiger partial charge in [-0.3, -0.25) is 14.4 Å². The first-order valence-corrected chi connectivity index (χ1v) is 14.2. The summed E-state index contributed by atoms with van der Waals surface area (Å²) < 4.78 is 1.78. The van der Waals surface area contributed by atoms with Crippen molar-refractivity contribution in [2.75, 3.05) is 13.1 Å². The Morgan fingerprint density at radius 3 is 2.61 bits per heavy atom. The van der Waals surface area contributed by atoms with Crippen molar-refractivity contribution in [1.82, 2.24) is 35.3 Å². The molecule has 0 radical (unpaired) electrons. The van der Waals surface area contributed by atoms with Gasteiger partial charge in [0.05, 0.1) is 12.6 Å². The fourth-order valence-electron chi connectivity index (χ4n) is 5.23. The molecule has 0 saturated carbocycles. The van der Waals surface area contributed by atoms with Crippen LogP contribution in [0.25, 0.3) is 22.3 Å². The van der Waals surface area contributed by atoms with E-state index in [9.17, 15) is 14.4 Å². The molecule has 2 aromatic heterocycles. The number of nitrogens with zero attached hydrogens (tertiary/aromatic N) is 4. The van der Waals surface area contributed by atoms with E-state index in [4.69, 9.17) is 10.1 Å². The molecular weight excluding hydrogens is 518 g/mol. The van der Waals surface area contributed by atoms with Gasteiger partial charge in [-0.1, -0.05) is 44.2 Å². The molecule has 2 aromatic carbocycles. The molecule has 1 aliphatic heterocycles. The van der Waals surface area contributed by atoms with Gasteiger partial charge in [0.15, 0.2) is 5.82 Å². The predicted octanol–water partition coefficient (Wildman–Crippen LogP) is 4.07. The second-order valence-corrected chi connectivity index (χ2v) is 11.0. The molecule has 41 heavy (non-hydrogen) atoms. The number of carbonyl (C=O) groups is 3. The van der Waals surface area contributed by atoms with Crippen molar-refractivity contribution in [3.05, 3.63) is 72.2 Å². The Balaban J connectivity index is 1.47. The quantitative estimate of drug-likeness (QED) is 0.350. The Bertz CT molecular complexity index is 1530. The Kier molecular flexibility index (Phi) is 8.47. The van der Waals surface area contributed by atoms with Crippen molar-refractivity contribution in [3.8, 4) is 11.4 Å². The Hall–Kier alpha value is -4.47. The molecule has 0 unspecified atom stereocenters. The Morgan fingerprint density at radius 1 is 1.02 bits per heavy atom. The SMILES string of the molecule is CC(C)C[C@H]1NC(=O)CCCN(C(=O)c2ccc3[nH]ccc3c2)CCn2nc(-c3ccccc3)nc2[C@@H](C)NC1=O. The fourth-order valence-corrected chi connectivity index (χ4v) is 5.23. The van der Waals surface area contributed by atoms with E-state index < -0.39 is 12.1 Å². The standard InChI is InChI=1S/C31H37N7O3/c1-20(2)18-26-30(40)33-21(3)29-35-28(22-8-5-4-6-9-22)36-38(29)17-16-37(15-7-10-27(39)34-26)31(41)24-11-12-25-23(19-24)13-14-32-25/h4-6,8-9,11-14,19-21,26,32H,7,10,15-18H2,1-3H3,(H,33,40)(H,34,39)/t21-,26-/m1/s1. The maximum atomic E-state index is 13.7. The number of aromatic amines is 1. The zero-order valence-corrected chi connectivity index (χ0v) is 23.8. The van der Waals surface area contributed by atoms with Crippen LogP contribution in [0.2, 0.25) is 0 Å². The first kappa shape index (κ1) is 28.1. The van der Waals surface area contributed by atoms with Gasteiger partial charge in [-0.05, 0) is 49.9 Å². The molecule has 4 aromatic rings. The first-order valence-electron chi connectivity index (χ1n) is 14.2. The lowest BCUT2D eigenvalue weighted by Crippen LogP contribution is -2.48. The van der Waals surface area contributed by atoms with Crippen LogP contribution < -0.4 is 10.6 Å². The number of benzene rings is 2. The average Bonchev–Trinajstić information content (AvgIpc) is 3.61. The van der Waals surface area contributed by atoms with Crippen molar-refractivity contribution < 1.29 is 14.4 Å². The monoisotopic (exact) mass is 555 g/mol. The summed E-state index contributed by atoms with van der Waals surface area (Å²) in [7, 11) is 0. The lowest BCUT2D eigenvalue weighted by molar-refractivity contribution is -0.129. The molecule has 0 bridgehead atoms. The van der Waals surface area contributed by atoms with E-state index >= 15 is 0 Å². The third kappa shape index (κ3) is 6.65. The van der Waals surface area contributed by atoms with Gasteiger partial charge in [-0.15, -0.1) is 0 Å². The van der Waals surface area contributed by atoms with E-state index in [0.717, 1.165) is 16.5 Å². The number of hydrogen-bond donors (Lipinski definition) is 3. The van der Waals surface area contributed by atoms with Crippen molar-refractivity contribution in [3.63, 3.8) is 0 Å². The summed E-state index contributed by atoms with van der Waals surface area (Å²) in [5.41, 5.74) is 2.41. The molecule has 3 heterocycles. The highest BCUT2D eigenvalue weighted by Gasteiger charge is 2.27. The van der Waals surface area contributed by atoms with Crippen molar-refractivity contribution in [1.29, 1.82) is 0 Å². The molecule has 1 aliphatic rings. The highest BCUT2D eigenvalue weighted by Crippen LogP contribution is 2.21. The number of carbonyl (C=O) groups excluding carboxylic acids is 3. The Labute approximate surface area is 239 Å². The van der Waals surface area contributed by atoms with Crippen molar-refractivity contribution >= 4 is 28.6 Å². The molecule has 5 rings (SSSR count). The fraction of sp³-hybridized carbons (Fsp3) is 0.387. The van der Waals surface area contributed by atoms with Crippen LogP contribution in [-0.4, -0.2) is 61.5 Å². The highest BCUT2D eigenvalue weighted by atomic mass is 16.2. The van der Waals surface area contributed by atoms with Gasteiger partial charge in [-0.25, -0.2) is 9.67 Å². The second-order valence-electron chi connectivity index (χ2n) is 11.0. The van der Waals surface area contributed by atoms with Gasteiger partial charge in [0.1, 0.15) is 11.9 Å². The summed E-state index contributed by atoms with van der Waals surface area (Å²) in [6.07, 6.45) is 3.04. The number of hydrogen-bond acceptors (Lipinski definition) is 5. The Morgan fingerprint density at radius 2 is 1.83 bits per heavy atom. The van der Waals surface area contributed by atoms with Gasteiger partial charge in [0.2, 0.25) is 11.8 Å². The zero-order valence-electron chi connectivity index (χ0n) is 23.8. The molecule has 3 amide bonds. The normalized spacial score (nSPS) is 19.0. The smallest absolute Gasteiger partial charge is 0.253 e. The third-order valence-electron chi connectivity index (χ3n) is 7.34. The molecule has 0 spiro atoms. The van der Waals surface area contributed by atoms with E-state index in [1.165, 1.54) is 0 Å². The summed E-state index contributed by atoms with van der Waals surface area (Å²) in [6.45, 7) is 7.05. The van der Waals surface area contributed by atoms with Gasteiger partial charge in [0.25, 0.3) is 5.91 Å². The average molecular weight is 556 g/mol. The van der Waals surface area contributed by atoms with Gasteiger partial charge < -0.3 is 20.5 Å². The molecule has 10 nitrogen and oxygen atoms in total. The van der Waals surface area contributed by atoms with Crippen LogP contribution in [0.3, 0.4) is 0 Å². The number of aromatic nitrogens is 4. The number of fused-ring (bicyclic) bond motifs is 2. The van der Waals surface area contributed by atoms with E-state index in [0.29, 0.717) is 49.7 Å². The van der Waals surface area contributed by atoms with Gasteiger partial charge in [-0.2, -0.15) is 5.10 Å². The first-order chi connectivity index (χ1) is 19.8. The predicted molar refractivity (Wildman–Crippen MR) is 157 cm³/mol.